The number of carbonyl (C=O) groups excluding carboxylic acids is 2. The van der Waals surface area contributed by atoms with E-state index in [-0.39, 0.29) is 18.9 Å². The lowest BCUT2D eigenvalue weighted by Gasteiger charge is -2.33. The van der Waals surface area contributed by atoms with Crippen molar-refractivity contribution < 1.29 is 22.4 Å². The minimum atomic E-state index is -3.84. The second-order valence-corrected chi connectivity index (χ2v) is 11.9. The number of nitrogens with one attached hydrogen (secondary N) is 1. The molecule has 0 spiro atoms. The Bertz CT molecular complexity index is 1400. The highest BCUT2D eigenvalue weighted by Gasteiger charge is 2.33. The molecule has 9 heteroatoms. The molecule has 0 saturated carbocycles. The highest BCUT2D eigenvalue weighted by atomic mass is 32.2. The van der Waals surface area contributed by atoms with Crippen LogP contribution in [-0.2, 0) is 32.6 Å². The molecule has 0 bridgehead atoms. The molecule has 0 aliphatic heterocycles. The summed E-state index contributed by atoms with van der Waals surface area (Å²) in [5.41, 5.74) is 3.72. The van der Waals surface area contributed by atoms with Gasteiger partial charge in [-0.15, -0.1) is 0 Å². The first-order valence-corrected chi connectivity index (χ1v) is 15.2. The highest BCUT2D eigenvalue weighted by Crippen LogP contribution is 2.23. The number of unbranched alkanes of at least 4 members (excludes halogenated alkanes) is 1. The second-order valence-electron chi connectivity index (χ2n) is 10.0. The molecule has 0 radical (unpaired) electrons. The number of halogens is 1. The number of amides is 2. The smallest absolute Gasteiger partial charge is 0.244 e. The predicted octanol–water partition coefficient (Wildman–Crippen LogP) is 4.76. The van der Waals surface area contributed by atoms with Gasteiger partial charge in [0, 0.05) is 19.5 Å². The fourth-order valence-electron chi connectivity index (χ4n) is 4.34. The van der Waals surface area contributed by atoms with Crippen molar-refractivity contribution in [3.63, 3.8) is 0 Å². The molecule has 3 aromatic carbocycles. The van der Waals surface area contributed by atoms with Gasteiger partial charge >= 0.3 is 0 Å². The lowest BCUT2D eigenvalue weighted by molar-refractivity contribution is -0.140. The van der Waals surface area contributed by atoms with E-state index < -0.39 is 34.3 Å². The van der Waals surface area contributed by atoms with E-state index in [2.05, 4.69) is 5.32 Å². The van der Waals surface area contributed by atoms with Gasteiger partial charge in [-0.2, -0.15) is 0 Å². The van der Waals surface area contributed by atoms with Crippen LogP contribution in [0.25, 0.3) is 0 Å². The molecular formula is C31H38FN3O4S. The zero-order chi connectivity index (χ0) is 29.3. The molecule has 3 rings (SSSR count). The van der Waals surface area contributed by atoms with Crippen molar-refractivity contribution in [2.75, 3.05) is 23.7 Å². The number of hydrogen-bond donors (Lipinski definition) is 1. The van der Waals surface area contributed by atoms with Crippen LogP contribution in [-0.4, -0.2) is 50.5 Å². The maximum Gasteiger partial charge on any atom is 0.244 e. The van der Waals surface area contributed by atoms with Crippen molar-refractivity contribution in [1.29, 1.82) is 0 Å². The van der Waals surface area contributed by atoms with Gasteiger partial charge in [0.2, 0.25) is 21.8 Å². The van der Waals surface area contributed by atoms with Gasteiger partial charge in [-0.3, -0.25) is 13.9 Å². The van der Waals surface area contributed by atoms with Gasteiger partial charge in [0.15, 0.2) is 0 Å². The summed E-state index contributed by atoms with van der Waals surface area (Å²) in [5.74, 6) is -1.29. The number of carbonyl (C=O) groups is 2. The van der Waals surface area contributed by atoms with Crippen LogP contribution in [0, 0.1) is 19.7 Å². The quantitative estimate of drug-likeness (QED) is 0.302. The average Bonchev–Trinajstić information content (AvgIpc) is 2.92. The molecule has 0 aliphatic rings. The fraction of sp³-hybridized carbons (Fsp3) is 0.355. The van der Waals surface area contributed by atoms with Gasteiger partial charge in [0.25, 0.3) is 0 Å². The molecule has 0 aromatic heterocycles. The number of sulfonamides is 1. The number of aryl methyl sites for hydroxylation is 2. The monoisotopic (exact) mass is 567 g/mol. The molecule has 2 amide bonds. The fourth-order valence-corrected chi connectivity index (χ4v) is 5.18. The van der Waals surface area contributed by atoms with Crippen LogP contribution >= 0.6 is 0 Å². The number of anilines is 1. The van der Waals surface area contributed by atoms with E-state index >= 15 is 0 Å². The average molecular weight is 568 g/mol. The Kier molecular flexibility index (Phi) is 10.8. The van der Waals surface area contributed by atoms with Crippen molar-refractivity contribution in [2.45, 2.75) is 52.6 Å². The maximum atomic E-state index is 14.0. The molecular weight excluding hydrogens is 529 g/mol. The summed E-state index contributed by atoms with van der Waals surface area (Å²) in [7, 11) is -3.84. The van der Waals surface area contributed by atoms with Gasteiger partial charge in [0.1, 0.15) is 18.4 Å². The van der Waals surface area contributed by atoms with Gasteiger partial charge in [-0.25, -0.2) is 12.8 Å². The summed E-state index contributed by atoms with van der Waals surface area (Å²) in [6.07, 6.45) is 2.96. The summed E-state index contributed by atoms with van der Waals surface area (Å²) < 4.78 is 40.5. The summed E-state index contributed by atoms with van der Waals surface area (Å²) in [5, 5.41) is 2.94. The highest BCUT2D eigenvalue weighted by molar-refractivity contribution is 7.92. The number of rotatable bonds is 13. The minimum Gasteiger partial charge on any atom is -0.354 e. The van der Waals surface area contributed by atoms with Crippen LogP contribution in [0.3, 0.4) is 0 Å². The van der Waals surface area contributed by atoms with Crippen molar-refractivity contribution >= 4 is 27.5 Å². The van der Waals surface area contributed by atoms with Crippen molar-refractivity contribution in [3.8, 4) is 0 Å². The first-order valence-electron chi connectivity index (χ1n) is 13.4. The Hall–Kier alpha value is -3.72. The Morgan fingerprint density at radius 1 is 0.925 bits per heavy atom. The van der Waals surface area contributed by atoms with E-state index in [0.29, 0.717) is 17.8 Å². The molecule has 1 atom stereocenters. The van der Waals surface area contributed by atoms with E-state index in [0.717, 1.165) is 40.1 Å². The summed E-state index contributed by atoms with van der Waals surface area (Å²) in [4.78, 5) is 29.0. The number of hydrogen-bond acceptors (Lipinski definition) is 4. The predicted molar refractivity (Wildman–Crippen MR) is 157 cm³/mol. The van der Waals surface area contributed by atoms with Crippen LogP contribution in [0.15, 0.2) is 72.8 Å². The first-order chi connectivity index (χ1) is 19.0. The van der Waals surface area contributed by atoms with Gasteiger partial charge in [0.05, 0.1) is 11.9 Å². The lowest BCUT2D eigenvalue weighted by Crippen LogP contribution is -2.53. The zero-order valence-electron chi connectivity index (χ0n) is 23.6. The van der Waals surface area contributed by atoms with Gasteiger partial charge in [-0.05, 0) is 66.8 Å². The summed E-state index contributed by atoms with van der Waals surface area (Å²) in [6, 6.07) is 19.3. The number of benzene rings is 3. The Labute approximate surface area is 237 Å². The third-order valence-corrected chi connectivity index (χ3v) is 7.97. The van der Waals surface area contributed by atoms with E-state index in [1.807, 2.05) is 57.2 Å². The van der Waals surface area contributed by atoms with Gasteiger partial charge in [-0.1, -0.05) is 61.9 Å². The molecule has 1 N–H and O–H groups in total. The second kappa shape index (κ2) is 14.1. The van der Waals surface area contributed by atoms with E-state index in [1.165, 1.54) is 17.0 Å². The van der Waals surface area contributed by atoms with Crippen LogP contribution in [0.4, 0.5) is 10.1 Å². The molecule has 0 aliphatic carbocycles. The number of nitrogens with zero attached hydrogens (tertiary/aromatic N) is 2. The lowest BCUT2D eigenvalue weighted by atomic mass is 10.0. The molecule has 0 saturated heterocycles. The van der Waals surface area contributed by atoms with E-state index in [1.54, 1.807) is 24.3 Å². The summed E-state index contributed by atoms with van der Waals surface area (Å²) in [6.45, 7) is 5.78. The first kappa shape index (κ1) is 30.8. The maximum absolute atomic E-state index is 14.0. The third kappa shape index (κ3) is 8.64. The van der Waals surface area contributed by atoms with Crippen molar-refractivity contribution in [2.24, 2.45) is 0 Å². The Balaban J connectivity index is 2.03. The van der Waals surface area contributed by atoms with Crippen molar-refractivity contribution in [1.82, 2.24) is 10.2 Å². The SMILES string of the molecule is CCCCNC(=O)[C@H](Cc1ccccc1)N(Cc1ccc(F)cc1)C(=O)CN(c1ccc(C)c(C)c1)S(C)(=O)=O. The zero-order valence-corrected chi connectivity index (χ0v) is 24.4. The molecule has 0 unspecified atom stereocenters. The van der Waals surface area contributed by atoms with E-state index in [9.17, 15) is 22.4 Å². The Morgan fingerprint density at radius 3 is 2.20 bits per heavy atom. The Morgan fingerprint density at radius 2 is 1.60 bits per heavy atom. The van der Waals surface area contributed by atoms with Crippen LogP contribution in [0.1, 0.15) is 42.0 Å². The third-order valence-electron chi connectivity index (χ3n) is 6.82. The molecule has 0 heterocycles. The molecule has 7 nitrogen and oxygen atoms in total. The normalized spacial score (nSPS) is 12.0. The van der Waals surface area contributed by atoms with Crippen LogP contribution in [0.2, 0.25) is 0 Å². The van der Waals surface area contributed by atoms with Crippen molar-refractivity contribution in [3.05, 3.63) is 101 Å². The topological polar surface area (TPSA) is 86.8 Å². The standard InChI is InChI=1S/C31H38FN3O4S/c1-5-6-18-33-31(37)29(20-25-10-8-7-9-11-25)34(21-26-13-15-27(32)16-14-26)30(36)22-35(40(4,38)39)28-17-12-23(2)24(3)19-28/h7-17,19,29H,5-6,18,20-22H2,1-4H3,(H,33,37)/t29-/m0/s1. The minimum absolute atomic E-state index is 0.00232. The molecule has 214 valence electrons. The van der Waals surface area contributed by atoms with E-state index in [4.69, 9.17) is 0 Å². The van der Waals surface area contributed by atoms with Gasteiger partial charge < -0.3 is 10.2 Å². The van der Waals surface area contributed by atoms with Crippen LogP contribution < -0.4 is 9.62 Å². The summed E-state index contributed by atoms with van der Waals surface area (Å²) >= 11 is 0. The molecule has 0 fully saturated rings. The van der Waals surface area contributed by atoms with Crippen LogP contribution in [0.5, 0.6) is 0 Å². The largest absolute Gasteiger partial charge is 0.354 e. The molecule has 3 aromatic rings. The molecule has 40 heavy (non-hydrogen) atoms.